The summed E-state index contributed by atoms with van der Waals surface area (Å²) in [6.45, 7) is 0. The van der Waals surface area contributed by atoms with Crippen molar-refractivity contribution < 1.29 is 27.5 Å². The lowest BCUT2D eigenvalue weighted by molar-refractivity contribution is -0.138. The summed E-state index contributed by atoms with van der Waals surface area (Å²) in [7, 11) is -1.79. The van der Waals surface area contributed by atoms with Gasteiger partial charge in [-0.25, -0.2) is 23.1 Å². The van der Waals surface area contributed by atoms with Crippen LogP contribution in [-0.4, -0.2) is 34.6 Å². The van der Waals surface area contributed by atoms with E-state index in [4.69, 9.17) is 28.3 Å². The molecule has 0 aliphatic carbocycles. The summed E-state index contributed by atoms with van der Waals surface area (Å²) in [4.78, 5) is 22.6. The van der Waals surface area contributed by atoms with E-state index in [-0.39, 0.29) is 26.3 Å². The highest BCUT2D eigenvalue weighted by molar-refractivity contribution is 7.89. The molecule has 0 aromatic heterocycles. The van der Waals surface area contributed by atoms with Crippen LogP contribution in [0.3, 0.4) is 0 Å². The number of methoxy groups -OCH3 is 2. The van der Waals surface area contributed by atoms with E-state index in [0.717, 1.165) is 32.4 Å². The Bertz CT molecular complexity index is 753. The number of anilines is 1. The zero-order chi connectivity index (χ0) is 17.8. The second-order valence-corrected chi connectivity index (χ2v) is 6.38. The van der Waals surface area contributed by atoms with Gasteiger partial charge < -0.3 is 14.8 Å². The fourth-order valence-corrected chi connectivity index (χ4v) is 2.68. The molecule has 0 fully saturated rings. The Kier molecular flexibility index (Phi) is 6.39. The van der Waals surface area contributed by atoms with Crippen molar-refractivity contribution in [2.45, 2.75) is 4.90 Å². The number of benzene rings is 1. The molecule has 0 heterocycles. The number of carbonyl (C=O) groups is 2. The van der Waals surface area contributed by atoms with E-state index in [1.54, 1.807) is 0 Å². The molecule has 0 spiro atoms. The van der Waals surface area contributed by atoms with Gasteiger partial charge in [-0.05, 0) is 12.1 Å². The predicted molar refractivity (Wildman–Crippen MR) is 83.6 cm³/mol. The zero-order valence-corrected chi connectivity index (χ0v) is 14.3. The van der Waals surface area contributed by atoms with Crippen molar-refractivity contribution in [2.75, 3.05) is 19.5 Å². The minimum absolute atomic E-state index is 0.0127. The van der Waals surface area contributed by atoms with Gasteiger partial charge >= 0.3 is 11.9 Å². The Balaban J connectivity index is 3.33. The summed E-state index contributed by atoms with van der Waals surface area (Å²) >= 11 is 11.9. The second-order valence-electron chi connectivity index (χ2n) is 4.00. The zero-order valence-electron chi connectivity index (χ0n) is 11.9. The smallest absolute Gasteiger partial charge is 0.354 e. The molecule has 0 saturated heterocycles. The summed E-state index contributed by atoms with van der Waals surface area (Å²) < 4.78 is 31.5. The summed E-state index contributed by atoms with van der Waals surface area (Å²) in [5, 5.41) is 7.21. The fraction of sp³-hybridized carbons (Fsp3) is 0.167. The van der Waals surface area contributed by atoms with E-state index in [1.807, 2.05) is 0 Å². The van der Waals surface area contributed by atoms with Crippen LogP contribution in [0.15, 0.2) is 28.8 Å². The van der Waals surface area contributed by atoms with Gasteiger partial charge in [0.15, 0.2) is 0 Å². The highest BCUT2D eigenvalue weighted by atomic mass is 35.5. The molecule has 0 aliphatic rings. The van der Waals surface area contributed by atoms with Crippen LogP contribution in [0.25, 0.3) is 0 Å². The first-order chi connectivity index (χ1) is 10.6. The topological polar surface area (TPSA) is 125 Å². The number of halogens is 2. The molecular formula is C12H12Cl2N2O6S. The first kappa shape index (κ1) is 19.2. The first-order valence-electron chi connectivity index (χ1n) is 5.77. The molecule has 1 aromatic rings. The number of hydrogen-bond donors (Lipinski definition) is 2. The van der Waals surface area contributed by atoms with E-state index in [1.165, 1.54) is 0 Å². The molecule has 3 N–H and O–H groups in total. The first-order valence-corrected chi connectivity index (χ1v) is 8.07. The lowest BCUT2D eigenvalue weighted by Crippen LogP contribution is -2.16. The lowest BCUT2D eigenvalue weighted by atomic mass is 10.3. The number of nitrogens with two attached hydrogens (primary N) is 1. The molecule has 0 radical (unpaired) electrons. The van der Waals surface area contributed by atoms with Gasteiger partial charge in [0, 0.05) is 0 Å². The van der Waals surface area contributed by atoms with Crippen LogP contribution in [-0.2, 0) is 29.1 Å². The van der Waals surface area contributed by atoms with E-state index < -0.39 is 22.0 Å². The van der Waals surface area contributed by atoms with Gasteiger partial charge in [0.25, 0.3) is 0 Å². The van der Waals surface area contributed by atoms with Crippen molar-refractivity contribution in [1.29, 1.82) is 0 Å². The van der Waals surface area contributed by atoms with Crippen LogP contribution in [0.5, 0.6) is 0 Å². The average Bonchev–Trinajstić information content (AvgIpc) is 2.47. The molecule has 8 nitrogen and oxygen atoms in total. The van der Waals surface area contributed by atoms with Gasteiger partial charge in [-0.3, -0.25) is 0 Å². The molecule has 1 rings (SSSR count). The monoisotopic (exact) mass is 382 g/mol. The van der Waals surface area contributed by atoms with Crippen LogP contribution < -0.4 is 10.5 Å². The summed E-state index contributed by atoms with van der Waals surface area (Å²) in [5.41, 5.74) is -0.326. The van der Waals surface area contributed by atoms with Gasteiger partial charge in [-0.1, -0.05) is 23.2 Å². The number of esters is 2. The molecular weight excluding hydrogens is 371 g/mol. The number of nitrogens with one attached hydrogen (secondary N) is 1. The summed E-state index contributed by atoms with van der Waals surface area (Å²) in [5.74, 6) is -1.72. The highest BCUT2D eigenvalue weighted by Crippen LogP contribution is 2.34. The largest absolute Gasteiger partial charge is 0.466 e. The fourth-order valence-electron chi connectivity index (χ4n) is 1.40. The third-order valence-electron chi connectivity index (χ3n) is 2.47. The van der Waals surface area contributed by atoms with E-state index in [0.29, 0.717) is 0 Å². The third kappa shape index (κ3) is 5.10. The SMILES string of the molecule is COC(=O)/C=C(/Nc1c(Cl)cc(S(N)(=O)=O)cc1Cl)C(=O)OC. The maximum absolute atomic E-state index is 11.7. The molecule has 0 bridgehead atoms. The van der Waals surface area contributed by atoms with Crippen molar-refractivity contribution >= 4 is 50.9 Å². The Morgan fingerprint density at radius 2 is 1.70 bits per heavy atom. The Labute approximate surface area is 142 Å². The minimum atomic E-state index is -4.01. The van der Waals surface area contributed by atoms with Crippen LogP contribution in [0.1, 0.15) is 0 Å². The number of sulfonamides is 1. The molecule has 0 unspecified atom stereocenters. The van der Waals surface area contributed by atoms with E-state index >= 15 is 0 Å². The standard InChI is InChI=1S/C12H12Cl2N2O6S/c1-21-10(17)5-9(12(18)22-2)16-11-7(13)3-6(4-8(11)14)23(15,19)20/h3-5,16H,1-2H3,(H2,15,19,20)/b9-5+. The number of hydrogen-bond acceptors (Lipinski definition) is 7. The molecule has 11 heteroatoms. The minimum Gasteiger partial charge on any atom is -0.466 e. The predicted octanol–water partition coefficient (Wildman–Crippen LogP) is 1.28. The van der Waals surface area contributed by atoms with Crippen LogP contribution in [0, 0.1) is 0 Å². The summed E-state index contributed by atoms with van der Waals surface area (Å²) in [6, 6.07) is 2.08. The number of primary sulfonamides is 1. The highest BCUT2D eigenvalue weighted by Gasteiger charge is 2.19. The molecule has 23 heavy (non-hydrogen) atoms. The van der Waals surface area contributed by atoms with Crippen LogP contribution in [0.2, 0.25) is 10.0 Å². The molecule has 0 amide bonds. The van der Waals surface area contributed by atoms with Crippen molar-refractivity contribution in [3.63, 3.8) is 0 Å². The van der Waals surface area contributed by atoms with Gasteiger partial charge in [0.2, 0.25) is 10.0 Å². The Morgan fingerprint density at radius 1 is 1.17 bits per heavy atom. The third-order valence-corrected chi connectivity index (χ3v) is 3.96. The number of ether oxygens (including phenoxy) is 2. The van der Waals surface area contributed by atoms with Crippen LogP contribution in [0.4, 0.5) is 5.69 Å². The second kappa shape index (κ2) is 7.64. The number of rotatable bonds is 5. The average molecular weight is 383 g/mol. The summed E-state index contributed by atoms with van der Waals surface area (Å²) in [6.07, 6.45) is 0.825. The van der Waals surface area contributed by atoms with Crippen molar-refractivity contribution in [1.82, 2.24) is 0 Å². The van der Waals surface area contributed by atoms with E-state index in [9.17, 15) is 18.0 Å². The van der Waals surface area contributed by atoms with Crippen LogP contribution >= 0.6 is 23.2 Å². The van der Waals surface area contributed by atoms with Gasteiger partial charge in [-0.15, -0.1) is 0 Å². The van der Waals surface area contributed by atoms with Crippen molar-refractivity contribution in [3.8, 4) is 0 Å². The maximum atomic E-state index is 11.7. The maximum Gasteiger partial charge on any atom is 0.354 e. The Hall–Kier alpha value is -1.81. The quantitative estimate of drug-likeness (QED) is 0.580. The van der Waals surface area contributed by atoms with Gasteiger partial charge in [0.05, 0.1) is 40.9 Å². The molecule has 0 atom stereocenters. The lowest BCUT2D eigenvalue weighted by Gasteiger charge is -2.13. The van der Waals surface area contributed by atoms with Gasteiger partial charge in [-0.2, -0.15) is 0 Å². The molecule has 126 valence electrons. The van der Waals surface area contributed by atoms with E-state index in [2.05, 4.69) is 14.8 Å². The Morgan fingerprint density at radius 3 is 2.09 bits per heavy atom. The number of carbonyl (C=O) groups excluding carboxylic acids is 2. The normalized spacial score (nSPS) is 11.8. The molecule has 1 aromatic carbocycles. The van der Waals surface area contributed by atoms with Crippen molar-refractivity contribution in [3.05, 3.63) is 34.0 Å². The molecule has 0 aliphatic heterocycles. The van der Waals surface area contributed by atoms with Gasteiger partial charge in [0.1, 0.15) is 5.70 Å². The molecule has 0 saturated carbocycles. The van der Waals surface area contributed by atoms with Crippen molar-refractivity contribution in [2.24, 2.45) is 5.14 Å².